The zero-order valence-electron chi connectivity index (χ0n) is 12.8. The number of ether oxygens (including phenoxy) is 1. The molecular formula is C19H21NO. The van der Waals surface area contributed by atoms with E-state index in [9.17, 15) is 0 Å². The summed E-state index contributed by atoms with van der Waals surface area (Å²) in [5.41, 5.74) is 5.29. The van der Waals surface area contributed by atoms with E-state index < -0.39 is 0 Å². The summed E-state index contributed by atoms with van der Waals surface area (Å²) >= 11 is 0. The lowest BCUT2D eigenvalue weighted by atomic mass is 9.65. The molecule has 0 radical (unpaired) electrons. The number of aryl methyl sites for hydroxylation is 1. The number of nitrogens with one attached hydrogen (secondary N) is 1. The number of hydrogen-bond donors (Lipinski definition) is 1. The molecule has 2 atom stereocenters. The number of anilines is 1. The largest absolute Gasteiger partial charge is 0.493 e. The Morgan fingerprint density at radius 3 is 2.76 bits per heavy atom. The van der Waals surface area contributed by atoms with Crippen molar-refractivity contribution in [3.05, 3.63) is 59.2 Å². The highest BCUT2D eigenvalue weighted by molar-refractivity contribution is 5.61. The van der Waals surface area contributed by atoms with E-state index in [0.717, 1.165) is 12.4 Å². The predicted molar refractivity (Wildman–Crippen MR) is 86.0 cm³/mol. The second kappa shape index (κ2) is 4.27. The Hall–Kier alpha value is -1.96. The van der Waals surface area contributed by atoms with Gasteiger partial charge in [0.15, 0.2) is 0 Å². The molecule has 0 bridgehead atoms. The summed E-state index contributed by atoms with van der Waals surface area (Å²) in [5.74, 6) is 1.52. The van der Waals surface area contributed by atoms with E-state index in [-0.39, 0.29) is 5.41 Å². The van der Waals surface area contributed by atoms with Crippen molar-refractivity contribution in [3.63, 3.8) is 0 Å². The van der Waals surface area contributed by atoms with Gasteiger partial charge in [-0.15, -0.1) is 0 Å². The highest BCUT2D eigenvalue weighted by Crippen LogP contribution is 2.52. The molecule has 2 nitrogen and oxygen atoms in total. The van der Waals surface area contributed by atoms with Crippen molar-refractivity contribution in [1.82, 2.24) is 0 Å². The van der Waals surface area contributed by atoms with Gasteiger partial charge in [-0.05, 0) is 24.1 Å². The van der Waals surface area contributed by atoms with E-state index in [0.29, 0.717) is 12.0 Å². The maximum atomic E-state index is 6.13. The van der Waals surface area contributed by atoms with Crippen LogP contribution in [-0.4, -0.2) is 6.61 Å². The molecule has 0 saturated carbocycles. The van der Waals surface area contributed by atoms with Gasteiger partial charge in [-0.1, -0.05) is 50.2 Å². The van der Waals surface area contributed by atoms with E-state index >= 15 is 0 Å². The molecule has 4 rings (SSSR count). The van der Waals surface area contributed by atoms with E-state index in [2.05, 4.69) is 68.6 Å². The van der Waals surface area contributed by atoms with Gasteiger partial charge in [-0.3, -0.25) is 0 Å². The summed E-state index contributed by atoms with van der Waals surface area (Å²) < 4.78 is 6.13. The molecule has 0 aliphatic carbocycles. The molecule has 2 aromatic rings. The van der Waals surface area contributed by atoms with Gasteiger partial charge in [-0.2, -0.15) is 0 Å². The molecule has 21 heavy (non-hydrogen) atoms. The summed E-state index contributed by atoms with van der Waals surface area (Å²) in [5, 5.41) is 3.76. The Bertz CT molecular complexity index is 704. The van der Waals surface area contributed by atoms with E-state index in [1.54, 1.807) is 0 Å². The molecule has 2 heterocycles. The van der Waals surface area contributed by atoms with E-state index in [1.165, 1.54) is 22.4 Å². The molecule has 108 valence electrons. The topological polar surface area (TPSA) is 21.3 Å². The molecular weight excluding hydrogens is 258 g/mol. The van der Waals surface area contributed by atoms with Crippen LogP contribution >= 0.6 is 0 Å². The summed E-state index contributed by atoms with van der Waals surface area (Å²) in [4.78, 5) is 0. The SMILES string of the molecule is Cc1cccc2c1OCC1[C@@H]2Nc2ccccc2C1(C)C. The van der Waals surface area contributed by atoms with Crippen molar-refractivity contribution >= 4 is 5.69 Å². The summed E-state index contributed by atoms with van der Waals surface area (Å²) in [6, 6.07) is 15.5. The average Bonchev–Trinajstić information content (AvgIpc) is 2.48. The van der Waals surface area contributed by atoms with Crippen molar-refractivity contribution < 1.29 is 4.74 Å². The Balaban J connectivity index is 1.89. The molecule has 2 aliphatic rings. The lowest BCUT2D eigenvalue weighted by Crippen LogP contribution is -2.46. The third-order valence-electron chi connectivity index (χ3n) is 5.25. The van der Waals surface area contributed by atoms with Crippen LogP contribution in [0.25, 0.3) is 0 Å². The van der Waals surface area contributed by atoms with Crippen LogP contribution < -0.4 is 10.1 Å². The fourth-order valence-electron chi connectivity index (χ4n) is 3.94. The van der Waals surface area contributed by atoms with Crippen molar-refractivity contribution in [2.24, 2.45) is 5.92 Å². The molecule has 0 amide bonds. The molecule has 0 saturated heterocycles. The van der Waals surface area contributed by atoms with Crippen LogP contribution in [0.1, 0.15) is 36.6 Å². The van der Waals surface area contributed by atoms with Crippen LogP contribution in [0.4, 0.5) is 5.69 Å². The van der Waals surface area contributed by atoms with Crippen molar-refractivity contribution in [2.75, 3.05) is 11.9 Å². The van der Waals surface area contributed by atoms with Crippen LogP contribution in [0.15, 0.2) is 42.5 Å². The third kappa shape index (κ3) is 1.71. The second-order valence-electron chi connectivity index (χ2n) is 6.80. The van der Waals surface area contributed by atoms with Gasteiger partial charge >= 0.3 is 0 Å². The van der Waals surface area contributed by atoms with Crippen molar-refractivity contribution in [3.8, 4) is 5.75 Å². The highest BCUT2D eigenvalue weighted by Gasteiger charge is 2.46. The van der Waals surface area contributed by atoms with Gasteiger partial charge in [-0.25, -0.2) is 0 Å². The first kappa shape index (κ1) is 12.8. The number of fused-ring (bicyclic) bond motifs is 4. The molecule has 0 fully saturated rings. The van der Waals surface area contributed by atoms with Gasteiger partial charge in [0.05, 0.1) is 12.6 Å². The summed E-state index contributed by atoms with van der Waals surface area (Å²) in [6.07, 6.45) is 0. The van der Waals surface area contributed by atoms with Gasteiger partial charge < -0.3 is 10.1 Å². The molecule has 0 aromatic heterocycles. The second-order valence-corrected chi connectivity index (χ2v) is 6.80. The minimum absolute atomic E-state index is 0.105. The fraction of sp³-hybridized carbons (Fsp3) is 0.368. The first-order valence-corrected chi connectivity index (χ1v) is 7.67. The van der Waals surface area contributed by atoms with Crippen molar-refractivity contribution in [1.29, 1.82) is 0 Å². The molecule has 1 unspecified atom stereocenters. The minimum Gasteiger partial charge on any atom is -0.493 e. The van der Waals surface area contributed by atoms with E-state index in [1.807, 2.05) is 0 Å². The highest BCUT2D eigenvalue weighted by atomic mass is 16.5. The zero-order valence-corrected chi connectivity index (χ0v) is 12.8. The normalized spacial score (nSPS) is 24.9. The number of para-hydroxylation sites is 2. The summed E-state index contributed by atoms with van der Waals surface area (Å²) in [7, 11) is 0. The molecule has 0 spiro atoms. The molecule has 2 aromatic carbocycles. The lowest BCUT2D eigenvalue weighted by Gasteiger charge is -2.48. The fourth-order valence-corrected chi connectivity index (χ4v) is 3.94. The number of hydrogen-bond acceptors (Lipinski definition) is 2. The molecule has 1 N–H and O–H groups in total. The standard InChI is InChI=1S/C19H21NO/c1-12-7-6-8-13-17-15(11-21-18(12)13)19(2,3)14-9-4-5-10-16(14)20-17/h4-10,15,17,20H,11H2,1-3H3/t15?,17-/m1/s1. The molecule has 2 aliphatic heterocycles. The van der Waals surface area contributed by atoms with Gasteiger partial charge in [0.1, 0.15) is 5.75 Å². The third-order valence-corrected chi connectivity index (χ3v) is 5.25. The van der Waals surface area contributed by atoms with Gasteiger partial charge in [0.25, 0.3) is 0 Å². The maximum absolute atomic E-state index is 6.13. The minimum atomic E-state index is 0.105. The van der Waals surface area contributed by atoms with Crippen LogP contribution in [-0.2, 0) is 5.41 Å². The maximum Gasteiger partial charge on any atom is 0.127 e. The van der Waals surface area contributed by atoms with Crippen LogP contribution in [0.2, 0.25) is 0 Å². The Kier molecular flexibility index (Phi) is 2.59. The smallest absolute Gasteiger partial charge is 0.127 e. The Morgan fingerprint density at radius 2 is 1.90 bits per heavy atom. The number of rotatable bonds is 0. The quantitative estimate of drug-likeness (QED) is 0.769. The summed E-state index contributed by atoms with van der Waals surface area (Å²) in [6.45, 7) is 7.58. The Morgan fingerprint density at radius 1 is 1.10 bits per heavy atom. The zero-order chi connectivity index (χ0) is 14.6. The molecule has 2 heteroatoms. The Labute approximate surface area is 126 Å². The number of benzene rings is 2. The van der Waals surface area contributed by atoms with Gasteiger partial charge in [0.2, 0.25) is 0 Å². The van der Waals surface area contributed by atoms with Crippen molar-refractivity contribution in [2.45, 2.75) is 32.2 Å². The van der Waals surface area contributed by atoms with Crippen LogP contribution in [0.5, 0.6) is 5.75 Å². The van der Waals surface area contributed by atoms with Crippen LogP contribution in [0, 0.1) is 12.8 Å². The van der Waals surface area contributed by atoms with Gasteiger partial charge in [0, 0.05) is 22.6 Å². The predicted octanol–water partition coefficient (Wildman–Crippen LogP) is 4.45. The monoisotopic (exact) mass is 279 g/mol. The lowest BCUT2D eigenvalue weighted by molar-refractivity contribution is 0.135. The van der Waals surface area contributed by atoms with Crippen LogP contribution in [0.3, 0.4) is 0 Å². The first-order chi connectivity index (χ1) is 10.1. The van der Waals surface area contributed by atoms with E-state index in [4.69, 9.17) is 4.74 Å². The average molecular weight is 279 g/mol. The first-order valence-electron chi connectivity index (χ1n) is 7.67.